The molecule has 0 bridgehead atoms. The number of hydrogen-bond acceptors (Lipinski definition) is 3. The number of hydrogen-bond donors (Lipinski definition) is 1. The number of piperazine rings is 1. The van der Waals surface area contributed by atoms with E-state index in [1.807, 2.05) is 18.2 Å². The van der Waals surface area contributed by atoms with Crippen LogP contribution in [0.15, 0.2) is 48.5 Å². The van der Waals surface area contributed by atoms with Crippen molar-refractivity contribution in [2.45, 2.75) is 6.42 Å². The number of carbonyl (C=O) groups excluding carboxylic acids is 1. The molecule has 1 heterocycles. The summed E-state index contributed by atoms with van der Waals surface area (Å²) in [4.78, 5) is 16.5. The van der Waals surface area contributed by atoms with Gasteiger partial charge in [-0.2, -0.15) is 0 Å². The summed E-state index contributed by atoms with van der Waals surface area (Å²) in [5.41, 5.74) is 0.830. The minimum atomic E-state index is -0.759. The van der Waals surface area contributed by atoms with Crippen molar-refractivity contribution in [3.8, 4) is 0 Å². The van der Waals surface area contributed by atoms with Crippen LogP contribution in [0.1, 0.15) is 6.42 Å². The first-order chi connectivity index (χ1) is 12.1. The maximum atomic E-state index is 13.5. The van der Waals surface area contributed by atoms with Crippen LogP contribution in [-0.2, 0) is 4.79 Å². The third kappa shape index (κ3) is 4.54. The first-order valence-corrected chi connectivity index (χ1v) is 8.40. The SMILES string of the molecule is O=C(CCN1CCN(c2ccccc2)CC1)Nc1c(F)cccc1F. The molecule has 1 amide bonds. The van der Waals surface area contributed by atoms with Crippen LogP contribution >= 0.6 is 0 Å². The number of amides is 1. The number of nitrogens with one attached hydrogen (secondary N) is 1. The quantitative estimate of drug-likeness (QED) is 0.904. The third-order valence-electron chi connectivity index (χ3n) is 4.38. The maximum Gasteiger partial charge on any atom is 0.225 e. The summed E-state index contributed by atoms with van der Waals surface area (Å²) in [6.07, 6.45) is 0.207. The van der Waals surface area contributed by atoms with E-state index in [1.54, 1.807) is 0 Å². The average Bonchev–Trinajstić information content (AvgIpc) is 2.64. The first kappa shape index (κ1) is 17.4. The fourth-order valence-electron chi connectivity index (χ4n) is 2.95. The Labute approximate surface area is 146 Å². The molecule has 2 aromatic carbocycles. The van der Waals surface area contributed by atoms with E-state index in [4.69, 9.17) is 0 Å². The Morgan fingerprint density at radius 3 is 2.20 bits per heavy atom. The Bertz CT molecular complexity index is 696. The molecular weight excluding hydrogens is 324 g/mol. The molecule has 0 spiro atoms. The van der Waals surface area contributed by atoms with Crippen molar-refractivity contribution < 1.29 is 13.6 Å². The van der Waals surface area contributed by atoms with E-state index < -0.39 is 11.6 Å². The normalized spacial score (nSPS) is 15.2. The second-order valence-electron chi connectivity index (χ2n) is 6.06. The summed E-state index contributed by atoms with van der Waals surface area (Å²) in [5, 5.41) is 2.33. The van der Waals surface area contributed by atoms with Gasteiger partial charge in [0, 0.05) is 44.8 Å². The van der Waals surface area contributed by atoms with Gasteiger partial charge in [-0.05, 0) is 24.3 Å². The lowest BCUT2D eigenvalue weighted by Crippen LogP contribution is -2.47. The molecule has 0 aliphatic carbocycles. The molecule has 0 radical (unpaired) electrons. The predicted octanol–water partition coefficient (Wildman–Crippen LogP) is 3.12. The Morgan fingerprint density at radius 1 is 0.920 bits per heavy atom. The van der Waals surface area contributed by atoms with Crippen molar-refractivity contribution in [2.75, 3.05) is 42.9 Å². The molecule has 1 fully saturated rings. The summed E-state index contributed by atoms with van der Waals surface area (Å²) >= 11 is 0. The zero-order valence-corrected chi connectivity index (χ0v) is 13.9. The zero-order valence-electron chi connectivity index (χ0n) is 13.9. The molecular formula is C19H21F2N3O. The third-order valence-corrected chi connectivity index (χ3v) is 4.38. The monoisotopic (exact) mass is 345 g/mol. The number of rotatable bonds is 5. The summed E-state index contributed by atoms with van der Waals surface area (Å²) in [6, 6.07) is 13.7. The minimum absolute atomic E-state index is 0.207. The highest BCUT2D eigenvalue weighted by atomic mass is 19.1. The van der Waals surface area contributed by atoms with Gasteiger partial charge in [0.1, 0.15) is 17.3 Å². The van der Waals surface area contributed by atoms with Crippen LogP contribution in [0, 0.1) is 11.6 Å². The van der Waals surface area contributed by atoms with Gasteiger partial charge in [0.05, 0.1) is 0 Å². The van der Waals surface area contributed by atoms with Crippen molar-refractivity contribution in [3.63, 3.8) is 0 Å². The van der Waals surface area contributed by atoms with Crippen LogP contribution in [0.5, 0.6) is 0 Å². The highest BCUT2D eigenvalue weighted by Crippen LogP contribution is 2.18. The lowest BCUT2D eigenvalue weighted by molar-refractivity contribution is -0.116. The summed E-state index contributed by atoms with van der Waals surface area (Å²) in [6.45, 7) is 4.08. The van der Waals surface area contributed by atoms with Crippen molar-refractivity contribution in [1.82, 2.24) is 4.90 Å². The molecule has 1 saturated heterocycles. The summed E-state index contributed by atoms with van der Waals surface area (Å²) in [7, 11) is 0. The molecule has 0 aromatic heterocycles. The van der Waals surface area contributed by atoms with Gasteiger partial charge in [-0.15, -0.1) is 0 Å². The number of carbonyl (C=O) groups is 1. The molecule has 6 heteroatoms. The van der Waals surface area contributed by atoms with Gasteiger partial charge in [-0.3, -0.25) is 9.69 Å². The van der Waals surface area contributed by atoms with Crippen molar-refractivity contribution in [2.24, 2.45) is 0 Å². The van der Waals surface area contributed by atoms with Crippen LogP contribution in [-0.4, -0.2) is 43.5 Å². The average molecular weight is 345 g/mol. The van der Waals surface area contributed by atoms with Crippen LogP contribution in [0.25, 0.3) is 0 Å². The number of anilines is 2. The predicted molar refractivity (Wildman–Crippen MR) is 94.7 cm³/mol. The number of benzene rings is 2. The number of nitrogens with zero attached hydrogens (tertiary/aromatic N) is 2. The van der Waals surface area contributed by atoms with Gasteiger partial charge in [0.15, 0.2) is 0 Å². The fourth-order valence-corrected chi connectivity index (χ4v) is 2.95. The molecule has 1 aliphatic heterocycles. The number of para-hydroxylation sites is 2. The maximum absolute atomic E-state index is 13.5. The van der Waals surface area contributed by atoms with E-state index in [2.05, 4.69) is 27.2 Å². The van der Waals surface area contributed by atoms with Crippen molar-refractivity contribution in [3.05, 3.63) is 60.2 Å². The topological polar surface area (TPSA) is 35.6 Å². The lowest BCUT2D eigenvalue weighted by Gasteiger charge is -2.36. The second-order valence-corrected chi connectivity index (χ2v) is 6.06. The molecule has 132 valence electrons. The minimum Gasteiger partial charge on any atom is -0.369 e. The molecule has 0 atom stereocenters. The van der Waals surface area contributed by atoms with Crippen LogP contribution < -0.4 is 10.2 Å². The van der Waals surface area contributed by atoms with E-state index in [0.29, 0.717) is 6.54 Å². The highest BCUT2D eigenvalue weighted by Gasteiger charge is 2.18. The molecule has 25 heavy (non-hydrogen) atoms. The van der Waals surface area contributed by atoms with Gasteiger partial charge in [-0.25, -0.2) is 8.78 Å². The Hall–Kier alpha value is -2.47. The van der Waals surface area contributed by atoms with E-state index in [1.165, 1.54) is 11.8 Å². The Balaban J connectivity index is 1.45. The summed E-state index contributed by atoms with van der Waals surface area (Å²) < 4.78 is 27.1. The van der Waals surface area contributed by atoms with Gasteiger partial charge in [0.2, 0.25) is 5.91 Å². The van der Waals surface area contributed by atoms with Crippen LogP contribution in [0.3, 0.4) is 0 Å². The molecule has 2 aromatic rings. The molecule has 3 rings (SSSR count). The van der Waals surface area contributed by atoms with Crippen LogP contribution in [0.2, 0.25) is 0 Å². The molecule has 1 N–H and O–H groups in total. The van der Waals surface area contributed by atoms with Crippen LogP contribution in [0.4, 0.5) is 20.2 Å². The first-order valence-electron chi connectivity index (χ1n) is 8.40. The Kier molecular flexibility index (Phi) is 5.60. The molecule has 0 saturated carbocycles. The van der Waals surface area contributed by atoms with E-state index >= 15 is 0 Å². The highest BCUT2D eigenvalue weighted by molar-refractivity contribution is 5.91. The lowest BCUT2D eigenvalue weighted by atomic mass is 10.2. The van der Waals surface area contributed by atoms with E-state index in [-0.39, 0.29) is 18.0 Å². The van der Waals surface area contributed by atoms with Gasteiger partial charge >= 0.3 is 0 Å². The zero-order chi connectivity index (χ0) is 17.6. The van der Waals surface area contributed by atoms with Gasteiger partial charge in [0.25, 0.3) is 0 Å². The molecule has 4 nitrogen and oxygen atoms in total. The summed E-state index contributed by atoms with van der Waals surface area (Å²) in [5.74, 6) is -1.90. The largest absolute Gasteiger partial charge is 0.369 e. The van der Waals surface area contributed by atoms with E-state index in [9.17, 15) is 13.6 Å². The molecule has 1 aliphatic rings. The van der Waals surface area contributed by atoms with Gasteiger partial charge in [-0.1, -0.05) is 24.3 Å². The Morgan fingerprint density at radius 2 is 1.56 bits per heavy atom. The van der Waals surface area contributed by atoms with E-state index in [0.717, 1.165) is 38.3 Å². The van der Waals surface area contributed by atoms with Gasteiger partial charge < -0.3 is 10.2 Å². The van der Waals surface area contributed by atoms with Crippen molar-refractivity contribution in [1.29, 1.82) is 0 Å². The standard InChI is InChI=1S/C19H21F2N3O/c20-16-7-4-8-17(21)19(16)22-18(25)9-10-23-11-13-24(14-12-23)15-5-2-1-3-6-15/h1-8H,9-14H2,(H,22,25). The fraction of sp³-hybridized carbons (Fsp3) is 0.316. The van der Waals surface area contributed by atoms with Crippen molar-refractivity contribution >= 4 is 17.3 Å². The second kappa shape index (κ2) is 8.07. The number of halogens is 2. The smallest absolute Gasteiger partial charge is 0.225 e. The molecule has 0 unspecified atom stereocenters.